The molecule has 2 unspecified atom stereocenters. The van der Waals surface area contributed by atoms with Crippen molar-refractivity contribution in [1.29, 1.82) is 5.26 Å². The van der Waals surface area contributed by atoms with Gasteiger partial charge < -0.3 is 20.5 Å². The van der Waals surface area contributed by atoms with E-state index in [9.17, 15) is 9.59 Å². The summed E-state index contributed by atoms with van der Waals surface area (Å²) in [6.45, 7) is 0.286. The number of rotatable bonds is 4. The molecule has 2 amide bonds. The van der Waals surface area contributed by atoms with E-state index in [-0.39, 0.29) is 13.2 Å². The van der Waals surface area contributed by atoms with Crippen LogP contribution in [0.4, 0.5) is 10.5 Å². The molecule has 7 nitrogen and oxygen atoms in total. The molecule has 0 bridgehead atoms. The van der Waals surface area contributed by atoms with Gasteiger partial charge in [-0.05, 0) is 17.7 Å². The number of carbonyl (C=O) groups is 2. The maximum absolute atomic E-state index is 11.8. The molecule has 1 heterocycles. The highest BCUT2D eigenvalue weighted by molar-refractivity contribution is 5.90. The van der Waals surface area contributed by atoms with Crippen LogP contribution in [0.5, 0.6) is 0 Å². The van der Waals surface area contributed by atoms with Crippen LogP contribution in [0.2, 0.25) is 0 Å². The monoisotopic (exact) mass is 289 g/mol. The maximum Gasteiger partial charge on any atom is 0.319 e. The molecule has 3 N–H and O–H groups in total. The highest BCUT2D eigenvalue weighted by atomic mass is 16.5. The molecule has 1 aromatic rings. The lowest BCUT2D eigenvalue weighted by atomic mass is 10.0. The Morgan fingerprint density at radius 2 is 2.05 bits per heavy atom. The Hall–Kier alpha value is -2.59. The van der Waals surface area contributed by atoms with E-state index < -0.39 is 24.0 Å². The van der Waals surface area contributed by atoms with E-state index in [0.717, 1.165) is 5.56 Å². The van der Waals surface area contributed by atoms with Gasteiger partial charge in [0.05, 0.1) is 31.7 Å². The molecule has 2 rings (SSSR count). The van der Waals surface area contributed by atoms with Crippen LogP contribution in [0.1, 0.15) is 5.56 Å². The van der Waals surface area contributed by atoms with E-state index in [1.54, 1.807) is 24.3 Å². The van der Waals surface area contributed by atoms with Crippen LogP contribution in [-0.4, -0.2) is 36.4 Å². The molecule has 7 heteroatoms. The van der Waals surface area contributed by atoms with E-state index in [2.05, 4.69) is 10.6 Å². The number of amides is 2. The smallest absolute Gasteiger partial charge is 0.319 e. The van der Waals surface area contributed by atoms with Crippen molar-refractivity contribution in [3.05, 3.63) is 29.8 Å². The summed E-state index contributed by atoms with van der Waals surface area (Å²) >= 11 is 0. The number of carboxylic acids is 1. The summed E-state index contributed by atoms with van der Waals surface area (Å²) in [4.78, 5) is 22.8. The molecule has 0 aliphatic carbocycles. The number of nitrogens with zero attached hydrogens (tertiary/aromatic N) is 1. The summed E-state index contributed by atoms with van der Waals surface area (Å²) in [6.07, 6.45) is 0.312. The zero-order valence-corrected chi connectivity index (χ0v) is 11.2. The van der Waals surface area contributed by atoms with Crippen LogP contribution < -0.4 is 10.6 Å². The molecule has 1 saturated heterocycles. The lowest BCUT2D eigenvalue weighted by Crippen LogP contribution is -2.44. The highest BCUT2D eigenvalue weighted by Gasteiger charge is 2.35. The van der Waals surface area contributed by atoms with Gasteiger partial charge in [0.1, 0.15) is 5.92 Å². The van der Waals surface area contributed by atoms with Crippen LogP contribution in [0.15, 0.2) is 24.3 Å². The lowest BCUT2D eigenvalue weighted by molar-refractivity contribution is -0.142. The van der Waals surface area contributed by atoms with Crippen LogP contribution in [-0.2, 0) is 16.0 Å². The van der Waals surface area contributed by atoms with Crippen molar-refractivity contribution in [2.75, 3.05) is 18.5 Å². The standard InChI is InChI=1S/C14H15N3O4/c15-6-5-9-1-3-10(4-2-9)16-14(20)17-12-8-21-7-11(12)13(18)19/h1-4,11-12H,5,7-8H2,(H,18,19)(H2,16,17,20). The van der Waals surface area contributed by atoms with E-state index in [4.69, 9.17) is 15.1 Å². The Balaban J connectivity index is 1.89. The van der Waals surface area contributed by atoms with E-state index in [0.29, 0.717) is 12.1 Å². The van der Waals surface area contributed by atoms with Gasteiger partial charge in [-0.2, -0.15) is 5.26 Å². The number of carbonyl (C=O) groups excluding carboxylic acids is 1. The van der Waals surface area contributed by atoms with Crippen molar-refractivity contribution >= 4 is 17.7 Å². The Labute approximate surface area is 121 Å². The predicted octanol–water partition coefficient (Wildman–Crippen LogP) is 0.974. The summed E-state index contributed by atoms with van der Waals surface area (Å²) in [5.74, 6) is -1.72. The number of nitriles is 1. The molecule has 1 aromatic carbocycles. The van der Waals surface area contributed by atoms with Crippen LogP contribution in [0, 0.1) is 17.2 Å². The van der Waals surface area contributed by atoms with Crippen molar-refractivity contribution in [3.8, 4) is 6.07 Å². The highest BCUT2D eigenvalue weighted by Crippen LogP contribution is 2.14. The normalized spacial score (nSPS) is 20.5. The average Bonchev–Trinajstić information content (AvgIpc) is 2.89. The number of aliphatic carboxylic acids is 1. The fourth-order valence-electron chi connectivity index (χ4n) is 2.07. The number of hydrogen-bond acceptors (Lipinski definition) is 4. The predicted molar refractivity (Wildman–Crippen MR) is 73.6 cm³/mol. The molecule has 21 heavy (non-hydrogen) atoms. The minimum Gasteiger partial charge on any atom is -0.481 e. The molecule has 0 spiro atoms. The first kappa shape index (κ1) is 14.8. The minimum atomic E-state index is -0.987. The van der Waals surface area contributed by atoms with Gasteiger partial charge in [-0.15, -0.1) is 0 Å². The number of anilines is 1. The molecule has 0 saturated carbocycles. The van der Waals surface area contributed by atoms with Crippen LogP contribution in [0.25, 0.3) is 0 Å². The minimum absolute atomic E-state index is 0.100. The van der Waals surface area contributed by atoms with Gasteiger partial charge in [0.25, 0.3) is 0 Å². The second-order valence-electron chi connectivity index (χ2n) is 4.72. The topological polar surface area (TPSA) is 111 Å². The van der Waals surface area contributed by atoms with Crippen LogP contribution >= 0.6 is 0 Å². The SMILES string of the molecule is N#CCc1ccc(NC(=O)NC2COCC2C(=O)O)cc1. The van der Waals surface area contributed by atoms with E-state index in [1.807, 2.05) is 6.07 Å². The number of nitrogens with one attached hydrogen (secondary N) is 2. The van der Waals surface area contributed by atoms with Gasteiger partial charge >= 0.3 is 12.0 Å². The van der Waals surface area contributed by atoms with Gasteiger partial charge in [-0.25, -0.2) is 4.79 Å². The first-order valence-corrected chi connectivity index (χ1v) is 6.44. The Kier molecular flexibility index (Phi) is 4.74. The van der Waals surface area contributed by atoms with Crippen molar-refractivity contribution in [2.45, 2.75) is 12.5 Å². The summed E-state index contributed by atoms with van der Waals surface area (Å²) in [5, 5.41) is 22.8. The molecule has 110 valence electrons. The second kappa shape index (κ2) is 6.72. The molecule has 1 aliphatic rings. The summed E-state index contributed by atoms with van der Waals surface area (Å²) < 4.78 is 5.07. The number of carboxylic acid groups (broad SMARTS) is 1. The third-order valence-corrected chi connectivity index (χ3v) is 3.21. The molecule has 0 aromatic heterocycles. The fourth-order valence-corrected chi connectivity index (χ4v) is 2.07. The fraction of sp³-hybridized carbons (Fsp3) is 0.357. The van der Waals surface area contributed by atoms with Gasteiger partial charge in [-0.3, -0.25) is 4.79 Å². The number of ether oxygens (including phenoxy) is 1. The Bertz CT molecular complexity index is 565. The van der Waals surface area contributed by atoms with Crippen molar-refractivity contribution < 1.29 is 19.4 Å². The summed E-state index contributed by atoms with van der Waals surface area (Å²) in [7, 11) is 0. The van der Waals surface area contributed by atoms with Crippen molar-refractivity contribution in [1.82, 2.24) is 5.32 Å². The van der Waals surface area contributed by atoms with Gasteiger partial charge in [0.2, 0.25) is 0 Å². The molecular weight excluding hydrogens is 274 g/mol. The maximum atomic E-state index is 11.8. The van der Waals surface area contributed by atoms with Gasteiger partial charge in [0, 0.05) is 5.69 Å². The molecule has 1 fully saturated rings. The summed E-state index contributed by atoms with van der Waals surface area (Å²) in [6, 6.07) is 7.88. The largest absolute Gasteiger partial charge is 0.481 e. The first-order valence-electron chi connectivity index (χ1n) is 6.44. The molecule has 2 atom stereocenters. The number of benzene rings is 1. The van der Waals surface area contributed by atoms with E-state index >= 15 is 0 Å². The second-order valence-corrected chi connectivity index (χ2v) is 4.72. The zero-order chi connectivity index (χ0) is 15.2. The van der Waals surface area contributed by atoms with Gasteiger partial charge in [0.15, 0.2) is 0 Å². The third-order valence-electron chi connectivity index (χ3n) is 3.21. The van der Waals surface area contributed by atoms with E-state index in [1.165, 1.54) is 0 Å². The van der Waals surface area contributed by atoms with Crippen molar-refractivity contribution in [2.24, 2.45) is 5.92 Å². The zero-order valence-electron chi connectivity index (χ0n) is 11.2. The Morgan fingerprint density at radius 1 is 1.33 bits per heavy atom. The Morgan fingerprint density at radius 3 is 2.67 bits per heavy atom. The summed E-state index contributed by atoms with van der Waals surface area (Å²) in [5.41, 5.74) is 1.43. The molecule has 0 radical (unpaired) electrons. The quantitative estimate of drug-likeness (QED) is 0.764. The van der Waals surface area contributed by atoms with Crippen molar-refractivity contribution in [3.63, 3.8) is 0 Å². The molecule has 1 aliphatic heterocycles. The third kappa shape index (κ3) is 3.94. The van der Waals surface area contributed by atoms with Crippen LogP contribution in [0.3, 0.4) is 0 Å². The van der Waals surface area contributed by atoms with Gasteiger partial charge in [-0.1, -0.05) is 12.1 Å². The number of urea groups is 1. The lowest BCUT2D eigenvalue weighted by Gasteiger charge is -2.16. The number of hydrogen-bond donors (Lipinski definition) is 3. The first-order chi connectivity index (χ1) is 10.1. The average molecular weight is 289 g/mol. The molecular formula is C14H15N3O4.